The number of carbonyl (C=O) groups is 2. The van der Waals surface area contributed by atoms with Gasteiger partial charge < -0.3 is 0 Å². The average Bonchev–Trinajstić information content (AvgIpc) is 2.82. The summed E-state index contributed by atoms with van der Waals surface area (Å²) < 4.78 is 43.6. The number of hydrogen-bond donors (Lipinski definition) is 3. The van der Waals surface area contributed by atoms with Gasteiger partial charge in [0.1, 0.15) is 0 Å². The molecule has 0 unspecified atom stereocenters. The van der Waals surface area contributed by atoms with Crippen LogP contribution in [0.25, 0.3) is 0 Å². The Morgan fingerprint density at radius 1 is 0.651 bits per heavy atom. The zero-order chi connectivity index (χ0) is 33.0. The second kappa shape index (κ2) is 10.3. The van der Waals surface area contributed by atoms with E-state index in [0.29, 0.717) is 24.2 Å². The van der Waals surface area contributed by atoms with Gasteiger partial charge in [-0.1, -0.05) is 0 Å². The summed E-state index contributed by atoms with van der Waals surface area (Å²) in [6, 6.07) is 12.0. The van der Waals surface area contributed by atoms with Crippen LogP contribution in [0.4, 0.5) is 11.4 Å². The maximum atomic E-state index is 17.9. The van der Waals surface area contributed by atoms with Crippen molar-refractivity contribution in [2.24, 2.45) is 10.8 Å². The second-order valence-electron chi connectivity index (χ2n) is 16.8. The predicted octanol–water partition coefficient (Wildman–Crippen LogP) is 9.39. The Morgan fingerprint density at radius 2 is 0.953 bits per heavy atom. The number of nitrogen functional groups attached to an aromatic ring is 2. The number of hydrogen-bond acceptors (Lipinski definition) is 7. The van der Waals surface area contributed by atoms with Gasteiger partial charge in [-0.05, 0) is 0 Å². The van der Waals surface area contributed by atoms with Crippen molar-refractivity contribution in [3.8, 4) is 0 Å². The molecule has 5 N–H and O–H groups in total. The first-order valence-corrected chi connectivity index (χ1v) is 27.0. The van der Waals surface area contributed by atoms with E-state index >= 15 is 2.81 Å². The van der Waals surface area contributed by atoms with Crippen LogP contribution in [-0.2, 0) is 24.1 Å². The molecule has 0 radical (unpaired) electrons. The molecule has 0 aliphatic heterocycles. The van der Waals surface area contributed by atoms with Gasteiger partial charge in [0.05, 0.1) is 0 Å². The molecule has 0 spiro atoms. The number of unbranched alkanes of at least 4 members (excludes halogenated alkanes) is 4. The number of rotatable bonds is 14. The molecule has 8 nitrogen and oxygen atoms in total. The summed E-state index contributed by atoms with van der Waals surface area (Å²) in [5, 5.41) is 0. The fourth-order valence-electron chi connectivity index (χ4n) is 9.14. The van der Waals surface area contributed by atoms with Crippen molar-refractivity contribution in [1.29, 1.82) is 0 Å². The van der Waals surface area contributed by atoms with Crippen LogP contribution in [0.15, 0.2) is 48.5 Å². The number of anilines is 2. The van der Waals surface area contributed by atoms with E-state index < -0.39 is 54.9 Å². The molecule has 0 atom stereocenters. The van der Waals surface area contributed by atoms with Crippen LogP contribution in [0.1, 0.15) is 115 Å². The molecule has 0 fully saturated rings. The van der Waals surface area contributed by atoms with Crippen LogP contribution < -0.4 is 11.5 Å². The zero-order valence-electron chi connectivity index (χ0n) is 27.8. The van der Waals surface area contributed by atoms with Gasteiger partial charge in [0.15, 0.2) is 0 Å². The number of carbonyl (C=O) groups excluding carboxylic acids is 2. The van der Waals surface area contributed by atoms with Crippen molar-refractivity contribution < 1.29 is 36.9 Å². The van der Waals surface area contributed by atoms with E-state index in [-0.39, 0.29) is 24.0 Å². The van der Waals surface area contributed by atoms with E-state index in [2.05, 4.69) is 0 Å². The number of nitrogens with two attached hydrogens (primary N) is 2. The van der Waals surface area contributed by atoms with Crippen molar-refractivity contribution in [1.82, 2.24) is 0 Å². The van der Waals surface area contributed by atoms with Crippen LogP contribution in [-0.4, -0.2) is 15.1 Å². The first-order chi connectivity index (χ1) is 19.4. The third-order valence-corrected chi connectivity index (χ3v) is 37.1. The fraction of sp³-hybridized carbons (Fsp3) is 0.588. The molecule has 0 aliphatic rings. The van der Waals surface area contributed by atoms with E-state index in [1.807, 2.05) is 55.4 Å². The first kappa shape index (κ1) is 36.8. The minimum atomic E-state index is -9.47. The Hall–Kier alpha value is -2.38. The van der Waals surface area contributed by atoms with E-state index in [9.17, 15) is 12.8 Å². The minimum absolute atomic E-state index is 0.0429. The van der Waals surface area contributed by atoms with Gasteiger partial charge >= 0.3 is 253 Å². The summed E-state index contributed by atoms with van der Waals surface area (Å²) in [5.41, 5.74) is 10.9. The molecule has 0 bridgehead atoms. The summed E-state index contributed by atoms with van der Waals surface area (Å²) >= 11 is -9.47. The van der Waals surface area contributed by atoms with E-state index in [0.717, 1.165) is 12.8 Å². The molecule has 0 aromatic heterocycles. The molecular formula is C34H57N2O6Zr. The van der Waals surface area contributed by atoms with Crippen molar-refractivity contribution >= 4 is 23.3 Å². The van der Waals surface area contributed by atoms with Gasteiger partial charge in [-0.3, -0.25) is 0 Å². The zero-order valence-corrected chi connectivity index (χ0v) is 30.3. The third-order valence-electron chi connectivity index (χ3n) is 9.17. The monoisotopic (exact) mass is 679 g/mol. The van der Waals surface area contributed by atoms with Crippen molar-refractivity contribution in [3.05, 3.63) is 59.7 Å². The maximum absolute atomic E-state index is 17.9. The molecule has 0 aliphatic carbocycles. The van der Waals surface area contributed by atoms with Crippen molar-refractivity contribution in [3.63, 3.8) is 0 Å². The molecule has 0 heterocycles. The summed E-state index contributed by atoms with van der Waals surface area (Å²) in [5.74, 6) is -2.04. The Morgan fingerprint density at radius 3 is 1.21 bits per heavy atom. The second-order valence-corrected chi connectivity index (χ2v) is 43.6. The Bertz CT molecular complexity index is 1400. The topological polar surface area (TPSA) is 142 Å². The molecule has 0 saturated carbocycles. The van der Waals surface area contributed by atoms with Crippen LogP contribution in [0.5, 0.6) is 0 Å². The Labute approximate surface area is 251 Å². The molecule has 2 aromatic rings. The SMILES string of the molecule is CCCC[CH2][Zr](=[O])([OH])([CH2]CCCC)([CH2]C(C)(C)C)([CH2]C(C)(C)C)([O]C(=O)c1ccc(N)cc1)[O]C(=O)c1ccc(N)cc1. The van der Waals surface area contributed by atoms with Crippen LogP contribution >= 0.6 is 0 Å². The van der Waals surface area contributed by atoms with E-state index in [1.165, 1.54) is 48.5 Å². The molecule has 0 amide bonds. The molecule has 43 heavy (non-hydrogen) atoms. The number of benzene rings is 2. The summed E-state index contributed by atoms with van der Waals surface area (Å²) in [4.78, 5) is 28.8. The molecular weight excluding hydrogens is 624 g/mol. The van der Waals surface area contributed by atoms with Gasteiger partial charge in [0, 0.05) is 0 Å². The first-order valence-electron chi connectivity index (χ1n) is 15.9. The molecule has 2 rings (SSSR count). The quantitative estimate of drug-likeness (QED) is 0.132. The van der Waals surface area contributed by atoms with E-state index in [4.69, 9.17) is 17.1 Å². The normalized spacial score (nSPS) is 16.2. The molecule has 243 valence electrons. The molecule has 0 saturated heterocycles. The van der Waals surface area contributed by atoms with Gasteiger partial charge in [-0.2, -0.15) is 0 Å². The van der Waals surface area contributed by atoms with Gasteiger partial charge in [-0.15, -0.1) is 0 Å². The summed E-state index contributed by atoms with van der Waals surface area (Å²) in [6.45, 7) is 14.9. The molecule has 2 aromatic carbocycles. The van der Waals surface area contributed by atoms with Gasteiger partial charge in [-0.25, -0.2) is 0 Å². The Balaban J connectivity index is 3.28. The summed E-state index contributed by atoms with van der Waals surface area (Å²) in [6.07, 6.45) is 3.03. The average molecular weight is 681 g/mol. The fourth-order valence-corrected chi connectivity index (χ4v) is 45.5. The third kappa shape index (κ3) is 8.02. The molecule has 9 heteroatoms. The van der Waals surface area contributed by atoms with Gasteiger partial charge in [0.2, 0.25) is 0 Å². The van der Waals surface area contributed by atoms with Crippen LogP contribution in [0, 0.1) is 10.8 Å². The van der Waals surface area contributed by atoms with Crippen LogP contribution in [0.2, 0.25) is 16.5 Å². The Kier molecular flexibility index (Phi) is 8.85. The predicted molar refractivity (Wildman–Crippen MR) is 173 cm³/mol. The van der Waals surface area contributed by atoms with Gasteiger partial charge in [0.25, 0.3) is 0 Å². The summed E-state index contributed by atoms with van der Waals surface area (Å²) in [7, 11) is 0. The van der Waals surface area contributed by atoms with Crippen molar-refractivity contribution in [2.75, 3.05) is 11.5 Å². The van der Waals surface area contributed by atoms with Crippen LogP contribution in [0.3, 0.4) is 0 Å². The van der Waals surface area contributed by atoms with Crippen molar-refractivity contribution in [2.45, 2.75) is 110 Å². The standard InChI is InChI=1S/2C7H7NO2.4C5H11.H2O.O.Zr/c2*8-6-3-1-5(2-4-6)7(9)10;2*1-5(2,3)4;2*1-3-5-4-2;;;/h2*1-4H,8H2,(H,9,10);2*1H2,2-4H3;2*1,3-5H2,2H3;1H2;;/q;;;;;;;;+3/p-3. The van der Waals surface area contributed by atoms with E-state index in [1.54, 1.807) is 0 Å².